The number of nitriles is 1. The number of aryl methyl sites for hydroxylation is 1. The molecule has 4 rings (SSSR count). The third-order valence-electron chi connectivity index (χ3n) is 4.67. The highest BCUT2D eigenvalue weighted by Crippen LogP contribution is 2.26. The molecule has 28 heavy (non-hydrogen) atoms. The maximum atomic E-state index is 9.87. The molecular formula is C22H21N5O. The van der Waals surface area contributed by atoms with E-state index in [0.29, 0.717) is 24.6 Å². The molecule has 3 aromatic rings. The van der Waals surface area contributed by atoms with E-state index in [1.165, 1.54) is 0 Å². The average molecular weight is 371 g/mol. The van der Waals surface area contributed by atoms with Crippen LogP contribution in [0.4, 0.5) is 5.95 Å². The van der Waals surface area contributed by atoms with Gasteiger partial charge in [-0.15, -0.1) is 10.2 Å². The number of aromatic nitrogens is 3. The summed E-state index contributed by atoms with van der Waals surface area (Å²) in [7, 11) is 0. The summed E-state index contributed by atoms with van der Waals surface area (Å²) in [6.07, 6.45) is 1.86. The van der Waals surface area contributed by atoms with Crippen molar-refractivity contribution < 1.29 is 4.74 Å². The molecule has 140 valence electrons. The summed E-state index contributed by atoms with van der Waals surface area (Å²) in [4.78, 5) is 2.15. The number of ether oxygens (including phenoxy) is 1. The minimum absolute atomic E-state index is 0.474. The van der Waals surface area contributed by atoms with E-state index in [4.69, 9.17) is 4.74 Å². The van der Waals surface area contributed by atoms with Crippen molar-refractivity contribution in [2.45, 2.75) is 6.92 Å². The first-order chi connectivity index (χ1) is 13.8. The predicted octanol–water partition coefficient (Wildman–Crippen LogP) is 3.48. The summed E-state index contributed by atoms with van der Waals surface area (Å²) < 4.78 is 7.42. The van der Waals surface area contributed by atoms with Crippen LogP contribution in [0.1, 0.15) is 17.0 Å². The van der Waals surface area contributed by atoms with Crippen LogP contribution in [0, 0.1) is 18.3 Å². The first-order valence-corrected chi connectivity index (χ1v) is 9.28. The first-order valence-electron chi connectivity index (χ1n) is 9.28. The zero-order valence-electron chi connectivity index (χ0n) is 15.7. The van der Waals surface area contributed by atoms with Crippen molar-refractivity contribution in [2.24, 2.45) is 0 Å². The lowest BCUT2D eigenvalue weighted by Gasteiger charge is -2.28. The van der Waals surface area contributed by atoms with Gasteiger partial charge in [0.25, 0.3) is 0 Å². The van der Waals surface area contributed by atoms with Gasteiger partial charge >= 0.3 is 0 Å². The van der Waals surface area contributed by atoms with Crippen LogP contribution in [-0.2, 0) is 4.74 Å². The second-order valence-electron chi connectivity index (χ2n) is 6.68. The Morgan fingerprint density at radius 2 is 1.86 bits per heavy atom. The molecule has 0 N–H and O–H groups in total. The van der Waals surface area contributed by atoms with E-state index < -0.39 is 0 Å². The van der Waals surface area contributed by atoms with Crippen molar-refractivity contribution in [3.8, 4) is 11.8 Å². The Morgan fingerprint density at radius 1 is 1.07 bits per heavy atom. The van der Waals surface area contributed by atoms with E-state index in [2.05, 4.69) is 21.2 Å². The van der Waals surface area contributed by atoms with Gasteiger partial charge in [0.05, 0.1) is 24.5 Å². The topological polar surface area (TPSA) is 67.0 Å². The fourth-order valence-corrected chi connectivity index (χ4v) is 3.31. The molecule has 1 aromatic heterocycles. The van der Waals surface area contributed by atoms with Gasteiger partial charge in [0, 0.05) is 13.1 Å². The lowest BCUT2D eigenvalue weighted by Crippen LogP contribution is -2.38. The van der Waals surface area contributed by atoms with Gasteiger partial charge in [0.2, 0.25) is 5.95 Å². The molecule has 0 atom stereocenters. The summed E-state index contributed by atoms with van der Waals surface area (Å²) in [6, 6.07) is 20.3. The zero-order valence-corrected chi connectivity index (χ0v) is 15.7. The van der Waals surface area contributed by atoms with Crippen molar-refractivity contribution in [2.75, 3.05) is 31.2 Å². The van der Waals surface area contributed by atoms with Gasteiger partial charge in [-0.25, -0.2) is 0 Å². The Balaban J connectivity index is 1.84. The SMILES string of the molecule is Cc1cccc(C=C(C#N)c2nnc(N3CCOCC3)n2-c2ccccc2)c1. The number of hydrogen-bond acceptors (Lipinski definition) is 5. The molecule has 1 aliphatic rings. The Bertz CT molecular complexity index is 1030. The van der Waals surface area contributed by atoms with Crippen LogP contribution in [0.25, 0.3) is 17.3 Å². The Morgan fingerprint density at radius 3 is 2.57 bits per heavy atom. The highest BCUT2D eigenvalue weighted by molar-refractivity contribution is 5.88. The number of nitrogens with zero attached hydrogens (tertiary/aromatic N) is 5. The molecule has 0 amide bonds. The number of allylic oxidation sites excluding steroid dienone is 1. The average Bonchev–Trinajstić information content (AvgIpc) is 3.18. The third kappa shape index (κ3) is 3.66. The minimum Gasteiger partial charge on any atom is -0.378 e. The van der Waals surface area contributed by atoms with Crippen molar-refractivity contribution in [3.63, 3.8) is 0 Å². The maximum Gasteiger partial charge on any atom is 0.232 e. The molecule has 1 fully saturated rings. The van der Waals surface area contributed by atoms with Crippen LogP contribution in [-0.4, -0.2) is 41.1 Å². The van der Waals surface area contributed by atoms with Gasteiger partial charge in [-0.1, -0.05) is 48.0 Å². The molecule has 2 aromatic carbocycles. The smallest absolute Gasteiger partial charge is 0.232 e. The number of rotatable bonds is 4. The van der Waals surface area contributed by atoms with Gasteiger partial charge in [-0.3, -0.25) is 4.57 Å². The molecule has 0 unspecified atom stereocenters. The van der Waals surface area contributed by atoms with E-state index in [9.17, 15) is 5.26 Å². The van der Waals surface area contributed by atoms with Crippen LogP contribution in [0.15, 0.2) is 54.6 Å². The van der Waals surface area contributed by atoms with Gasteiger partial charge in [0.15, 0.2) is 5.82 Å². The molecule has 6 heteroatoms. The highest BCUT2D eigenvalue weighted by Gasteiger charge is 2.23. The number of para-hydroxylation sites is 1. The first kappa shape index (κ1) is 18.0. The van der Waals surface area contributed by atoms with Crippen molar-refractivity contribution in [3.05, 3.63) is 71.5 Å². The van der Waals surface area contributed by atoms with Crippen LogP contribution in [0.2, 0.25) is 0 Å². The second kappa shape index (κ2) is 8.07. The van der Waals surface area contributed by atoms with Crippen molar-refractivity contribution >= 4 is 17.6 Å². The molecule has 0 bridgehead atoms. The monoisotopic (exact) mass is 371 g/mol. The normalized spacial score (nSPS) is 14.7. The lowest BCUT2D eigenvalue weighted by molar-refractivity contribution is 0.122. The molecule has 0 aliphatic carbocycles. The summed E-state index contributed by atoms with van der Waals surface area (Å²) in [5.74, 6) is 1.27. The molecule has 1 aliphatic heterocycles. The van der Waals surface area contributed by atoms with Crippen molar-refractivity contribution in [1.29, 1.82) is 5.26 Å². The van der Waals surface area contributed by atoms with E-state index in [1.807, 2.05) is 72.2 Å². The molecule has 0 spiro atoms. The number of morpholine rings is 1. The van der Waals surface area contributed by atoms with Gasteiger partial charge in [-0.2, -0.15) is 5.26 Å². The van der Waals surface area contributed by atoms with Crippen molar-refractivity contribution in [1.82, 2.24) is 14.8 Å². The second-order valence-corrected chi connectivity index (χ2v) is 6.68. The van der Waals surface area contributed by atoms with Gasteiger partial charge in [0.1, 0.15) is 6.07 Å². The van der Waals surface area contributed by atoms with Gasteiger partial charge in [-0.05, 0) is 30.7 Å². The number of hydrogen-bond donors (Lipinski definition) is 0. The van der Waals surface area contributed by atoms with E-state index >= 15 is 0 Å². The van der Waals surface area contributed by atoms with E-state index in [1.54, 1.807) is 0 Å². The summed E-state index contributed by atoms with van der Waals surface area (Å²) in [6.45, 7) is 4.83. The van der Waals surface area contributed by atoms with Crippen LogP contribution >= 0.6 is 0 Å². The lowest BCUT2D eigenvalue weighted by atomic mass is 10.1. The van der Waals surface area contributed by atoms with Gasteiger partial charge < -0.3 is 9.64 Å². The molecule has 0 radical (unpaired) electrons. The standard InChI is InChI=1S/C22H21N5O/c1-17-6-5-7-18(14-17)15-19(16-23)21-24-25-22(26-10-12-28-13-11-26)27(21)20-8-3-2-4-9-20/h2-9,14-15H,10-13H2,1H3. The summed E-state index contributed by atoms with van der Waals surface area (Å²) in [5, 5.41) is 18.7. The zero-order chi connectivity index (χ0) is 19.3. The molecule has 2 heterocycles. The summed E-state index contributed by atoms with van der Waals surface area (Å²) >= 11 is 0. The van der Waals surface area contributed by atoms with E-state index in [-0.39, 0.29) is 0 Å². The Labute approximate surface area is 164 Å². The quantitative estimate of drug-likeness (QED) is 0.657. The molecule has 0 saturated carbocycles. The fourth-order valence-electron chi connectivity index (χ4n) is 3.31. The number of anilines is 1. The van der Waals surface area contributed by atoms with Crippen LogP contribution in [0.5, 0.6) is 0 Å². The van der Waals surface area contributed by atoms with E-state index in [0.717, 1.165) is 35.9 Å². The number of benzene rings is 2. The largest absolute Gasteiger partial charge is 0.378 e. The fraction of sp³-hybridized carbons (Fsp3) is 0.227. The third-order valence-corrected chi connectivity index (χ3v) is 4.67. The van der Waals surface area contributed by atoms with Crippen LogP contribution < -0.4 is 4.90 Å². The Kier molecular flexibility index (Phi) is 5.18. The Hall–Kier alpha value is -3.43. The predicted molar refractivity (Wildman–Crippen MR) is 109 cm³/mol. The molecule has 1 saturated heterocycles. The van der Waals surface area contributed by atoms with Crippen LogP contribution in [0.3, 0.4) is 0 Å². The molecular weight excluding hydrogens is 350 g/mol. The maximum absolute atomic E-state index is 9.87. The minimum atomic E-state index is 0.474. The highest BCUT2D eigenvalue weighted by atomic mass is 16.5. The summed E-state index contributed by atoms with van der Waals surface area (Å²) in [5.41, 5.74) is 3.51. The molecule has 6 nitrogen and oxygen atoms in total.